The molecule has 0 radical (unpaired) electrons. The quantitative estimate of drug-likeness (QED) is 0.833. The van der Waals surface area contributed by atoms with Crippen molar-refractivity contribution >= 4 is 5.57 Å². The van der Waals surface area contributed by atoms with Crippen LogP contribution >= 0.6 is 0 Å². The van der Waals surface area contributed by atoms with E-state index >= 15 is 0 Å². The number of aromatic hydroxyl groups is 1. The van der Waals surface area contributed by atoms with Gasteiger partial charge in [-0.15, -0.1) is 0 Å². The van der Waals surface area contributed by atoms with Gasteiger partial charge in [-0.05, 0) is 61.5 Å². The Kier molecular flexibility index (Phi) is 6.24. The zero-order valence-electron chi connectivity index (χ0n) is 14.1. The summed E-state index contributed by atoms with van der Waals surface area (Å²) in [7, 11) is 4.07. The van der Waals surface area contributed by atoms with Gasteiger partial charge in [0.05, 0.1) is 0 Å². The first kappa shape index (κ1) is 17.1. The molecule has 0 unspecified atom stereocenters. The molecule has 0 bridgehead atoms. The summed E-state index contributed by atoms with van der Waals surface area (Å²) in [5.41, 5.74) is 3.43. The molecule has 0 saturated carbocycles. The number of ether oxygens (including phenoxy) is 1. The van der Waals surface area contributed by atoms with Crippen molar-refractivity contribution in [2.75, 3.05) is 27.2 Å². The number of nitrogens with zero attached hydrogens (tertiary/aromatic N) is 1. The Morgan fingerprint density at radius 2 is 1.57 bits per heavy atom. The molecule has 0 aliphatic carbocycles. The third-order valence-corrected chi connectivity index (χ3v) is 3.56. The van der Waals surface area contributed by atoms with Crippen molar-refractivity contribution in [1.82, 2.24) is 4.90 Å². The lowest BCUT2D eigenvalue weighted by Crippen LogP contribution is -2.19. The fraction of sp³-hybridized carbons (Fsp3) is 0.300. The van der Waals surface area contributed by atoms with Crippen molar-refractivity contribution in [3.8, 4) is 11.5 Å². The number of rotatable bonds is 7. The van der Waals surface area contributed by atoms with E-state index in [0.29, 0.717) is 6.61 Å². The molecule has 0 saturated heterocycles. The van der Waals surface area contributed by atoms with Gasteiger partial charge in [-0.1, -0.05) is 37.3 Å². The molecule has 0 aliphatic rings. The molecule has 1 N–H and O–H groups in total. The maximum atomic E-state index is 9.46. The molecule has 0 spiro atoms. The van der Waals surface area contributed by atoms with E-state index < -0.39 is 0 Å². The van der Waals surface area contributed by atoms with Gasteiger partial charge in [0.1, 0.15) is 18.1 Å². The van der Waals surface area contributed by atoms with Crippen molar-refractivity contribution in [1.29, 1.82) is 0 Å². The van der Waals surface area contributed by atoms with Crippen molar-refractivity contribution in [2.45, 2.75) is 13.3 Å². The number of phenols is 1. The van der Waals surface area contributed by atoms with Gasteiger partial charge < -0.3 is 14.7 Å². The molecule has 122 valence electrons. The summed E-state index contributed by atoms with van der Waals surface area (Å²) in [5, 5.41) is 9.46. The summed E-state index contributed by atoms with van der Waals surface area (Å²) in [6.45, 7) is 3.71. The van der Waals surface area contributed by atoms with E-state index in [1.807, 2.05) is 38.4 Å². The molecule has 0 heterocycles. The van der Waals surface area contributed by atoms with Gasteiger partial charge in [-0.25, -0.2) is 0 Å². The predicted molar refractivity (Wildman–Crippen MR) is 96.0 cm³/mol. The van der Waals surface area contributed by atoms with Crippen molar-refractivity contribution in [3.05, 3.63) is 65.7 Å². The Balaban J connectivity index is 2.14. The summed E-state index contributed by atoms with van der Waals surface area (Å²) in [6.07, 6.45) is 3.16. The van der Waals surface area contributed by atoms with E-state index in [2.05, 4.69) is 30.0 Å². The average Bonchev–Trinajstić information content (AvgIpc) is 2.54. The van der Waals surface area contributed by atoms with Crippen LogP contribution < -0.4 is 4.74 Å². The molecule has 0 aliphatic heterocycles. The normalized spacial score (nSPS) is 11.7. The third kappa shape index (κ3) is 5.15. The molecule has 2 rings (SSSR count). The molecule has 0 amide bonds. The van der Waals surface area contributed by atoms with Gasteiger partial charge >= 0.3 is 0 Å². The fourth-order valence-corrected chi connectivity index (χ4v) is 2.32. The number of hydrogen-bond acceptors (Lipinski definition) is 3. The molecule has 0 atom stereocenters. The monoisotopic (exact) mass is 311 g/mol. The van der Waals surface area contributed by atoms with Crippen molar-refractivity contribution in [3.63, 3.8) is 0 Å². The number of allylic oxidation sites excluding steroid dienone is 1. The van der Waals surface area contributed by atoms with Gasteiger partial charge in [-0.2, -0.15) is 0 Å². The minimum absolute atomic E-state index is 0.286. The number of phenolic OH excluding ortho intramolecular Hbond substituents is 1. The van der Waals surface area contributed by atoms with Crippen LogP contribution in [0.25, 0.3) is 5.57 Å². The molecule has 0 fully saturated rings. The highest BCUT2D eigenvalue weighted by atomic mass is 16.5. The van der Waals surface area contributed by atoms with E-state index in [1.165, 1.54) is 5.57 Å². The summed E-state index contributed by atoms with van der Waals surface area (Å²) in [5.74, 6) is 1.17. The molecule has 3 heteroatoms. The van der Waals surface area contributed by atoms with Crippen LogP contribution in [-0.2, 0) is 0 Å². The van der Waals surface area contributed by atoms with Crippen LogP contribution in [0.5, 0.6) is 11.5 Å². The smallest absolute Gasteiger partial charge is 0.119 e. The fourth-order valence-electron chi connectivity index (χ4n) is 2.32. The van der Waals surface area contributed by atoms with Crippen LogP contribution in [0, 0.1) is 0 Å². The molecular formula is C20H25NO2. The molecule has 0 aromatic heterocycles. The summed E-state index contributed by atoms with van der Waals surface area (Å²) in [4.78, 5) is 2.10. The van der Waals surface area contributed by atoms with Gasteiger partial charge in [0.25, 0.3) is 0 Å². The number of benzene rings is 2. The van der Waals surface area contributed by atoms with Gasteiger partial charge in [0.2, 0.25) is 0 Å². The average molecular weight is 311 g/mol. The Morgan fingerprint density at radius 1 is 1.00 bits per heavy atom. The highest BCUT2D eigenvalue weighted by Crippen LogP contribution is 2.27. The summed E-state index contributed by atoms with van der Waals surface area (Å²) in [6, 6.07) is 15.5. The van der Waals surface area contributed by atoms with Crippen LogP contribution in [0.2, 0.25) is 0 Å². The van der Waals surface area contributed by atoms with Crippen LogP contribution in [0.4, 0.5) is 0 Å². The Bertz CT molecular complexity index is 628. The standard InChI is InChI=1S/C20H25NO2/c1-4-5-20(16-6-10-18(22)11-7-16)17-8-12-19(13-9-17)23-15-14-21(2)3/h5-13,22H,4,14-15H2,1-3H3/b20-5-. The predicted octanol–water partition coefficient (Wildman–Crippen LogP) is 4.17. The summed E-state index contributed by atoms with van der Waals surface area (Å²) >= 11 is 0. The van der Waals surface area contributed by atoms with Crippen LogP contribution in [0.1, 0.15) is 24.5 Å². The minimum Gasteiger partial charge on any atom is -0.508 e. The van der Waals surface area contributed by atoms with Crippen molar-refractivity contribution in [2.24, 2.45) is 0 Å². The third-order valence-electron chi connectivity index (χ3n) is 3.56. The zero-order valence-corrected chi connectivity index (χ0v) is 14.1. The second kappa shape index (κ2) is 8.39. The van der Waals surface area contributed by atoms with Crippen LogP contribution in [0.15, 0.2) is 54.6 Å². The SMILES string of the molecule is CC/C=C(/c1ccc(O)cc1)c1ccc(OCCN(C)C)cc1. The maximum Gasteiger partial charge on any atom is 0.119 e. The van der Waals surface area contributed by atoms with E-state index in [1.54, 1.807) is 12.1 Å². The first-order valence-corrected chi connectivity index (χ1v) is 7.97. The van der Waals surface area contributed by atoms with Gasteiger partial charge in [0, 0.05) is 6.54 Å². The Labute approximate surface area is 138 Å². The molecular weight excluding hydrogens is 286 g/mol. The highest BCUT2D eigenvalue weighted by molar-refractivity contribution is 5.80. The highest BCUT2D eigenvalue weighted by Gasteiger charge is 2.05. The second-order valence-electron chi connectivity index (χ2n) is 5.75. The Morgan fingerprint density at radius 3 is 2.09 bits per heavy atom. The van der Waals surface area contributed by atoms with Crippen LogP contribution in [0.3, 0.4) is 0 Å². The largest absolute Gasteiger partial charge is 0.508 e. The minimum atomic E-state index is 0.286. The topological polar surface area (TPSA) is 32.7 Å². The van der Waals surface area contributed by atoms with E-state index in [0.717, 1.165) is 29.8 Å². The van der Waals surface area contributed by atoms with E-state index in [9.17, 15) is 5.11 Å². The molecule has 2 aromatic carbocycles. The summed E-state index contributed by atoms with van der Waals surface area (Å²) < 4.78 is 5.74. The lowest BCUT2D eigenvalue weighted by atomic mass is 9.97. The van der Waals surface area contributed by atoms with E-state index in [-0.39, 0.29) is 5.75 Å². The molecule has 23 heavy (non-hydrogen) atoms. The lowest BCUT2D eigenvalue weighted by molar-refractivity contribution is 0.261. The molecule has 2 aromatic rings. The van der Waals surface area contributed by atoms with Crippen molar-refractivity contribution < 1.29 is 9.84 Å². The maximum absolute atomic E-state index is 9.46. The first-order chi connectivity index (χ1) is 11.1. The number of likely N-dealkylation sites (N-methyl/N-ethyl adjacent to an activating group) is 1. The second-order valence-corrected chi connectivity index (χ2v) is 5.75. The lowest BCUT2D eigenvalue weighted by Gasteiger charge is -2.12. The molecule has 3 nitrogen and oxygen atoms in total. The van der Waals surface area contributed by atoms with Crippen LogP contribution in [-0.4, -0.2) is 37.3 Å². The van der Waals surface area contributed by atoms with Gasteiger partial charge in [-0.3, -0.25) is 0 Å². The van der Waals surface area contributed by atoms with Gasteiger partial charge in [0.15, 0.2) is 0 Å². The Hall–Kier alpha value is -2.26. The van der Waals surface area contributed by atoms with E-state index in [4.69, 9.17) is 4.74 Å². The zero-order chi connectivity index (χ0) is 16.7. The number of hydrogen-bond donors (Lipinski definition) is 1. The first-order valence-electron chi connectivity index (χ1n) is 7.97.